The van der Waals surface area contributed by atoms with Crippen molar-refractivity contribution in [3.8, 4) is 0 Å². The number of amides is 2. The molecule has 0 saturated heterocycles. The summed E-state index contributed by atoms with van der Waals surface area (Å²) in [7, 11) is -3.89. The topological polar surface area (TPSA) is 80.2 Å². The lowest BCUT2D eigenvalue weighted by molar-refractivity contribution is 0.256. The van der Waals surface area contributed by atoms with Gasteiger partial charge in [-0.05, 0) is 86.1 Å². The van der Waals surface area contributed by atoms with Crippen molar-refractivity contribution in [2.24, 2.45) is 0 Å². The largest absolute Gasteiger partial charge is 0.350 e. The summed E-state index contributed by atoms with van der Waals surface area (Å²) in [6.45, 7) is 0.833. The maximum Gasteiger partial charge on any atom is 0.333 e. The first-order chi connectivity index (χ1) is 13.5. The van der Waals surface area contributed by atoms with Crippen LogP contribution in [0.25, 0.3) is 0 Å². The zero-order chi connectivity index (χ0) is 19.3. The number of anilines is 1. The van der Waals surface area contributed by atoms with Gasteiger partial charge in [-0.1, -0.05) is 6.07 Å². The summed E-state index contributed by atoms with van der Waals surface area (Å²) in [6, 6.07) is 3.23. The molecule has 5 rings (SSSR count). The van der Waals surface area contributed by atoms with E-state index in [9.17, 15) is 13.2 Å². The number of fused-ring (bicyclic) bond motifs is 3. The number of nitrogens with zero attached hydrogens (tertiary/aromatic N) is 1. The number of sulfonamides is 1. The zero-order valence-corrected chi connectivity index (χ0v) is 16.7. The molecule has 3 aliphatic rings. The molecule has 148 valence electrons. The van der Waals surface area contributed by atoms with Crippen molar-refractivity contribution in [3.05, 3.63) is 46.3 Å². The fourth-order valence-corrected chi connectivity index (χ4v) is 6.24. The minimum Gasteiger partial charge on any atom is -0.350 e. The molecule has 1 aromatic heterocycles. The molecule has 0 spiro atoms. The lowest BCUT2D eigenvalue weighted by Gasteiger charge is -2.18. The van der Waals surface area contributed by atoms with E-state index in [-0.39, 0.29) is 4.90 Å². The number of rotatable bonds is 3. The van der Waals surface area contributed by atoms with Crippen LogP contribution < -0.4 is 10.0 Å². The average Bonchev–Trinajstić information content (AvgIpc) is 3.39. The summed E-state index contributed by atoms with van der Waals surface area (Å²) >= 11 is 0. The van der Waals surface area contributed by atoms with Gasteiger partial charge in [0.05, 0.1) is 0 Å². The molecule has 0 fully saturated rings. The summed E-state index contributed by atoms with van der Waals surface area (Å²) in [4.78, 5) is 12.9. The third-order valence-electron chi connectivity index (χ3n) is 6.33. The number of aryl methyl sites for hydroxylation is 3. The lowest BCUT2D eigenvalue weighted by atomic mass is 9.99. The molecule has 0 saturated carbocycles. The molecule has 2 aromatic rings. The number of urea groups is 1. The molecule has 1 aliphatic heterocycles. The molecule has 2 N–H and O–H groups in total. The highest BCUT2D eigenvalue weighted by atomic mass is 32.2. The first-order valence-electron chi connectivity index (χ1n) is 10.2. The third kappa shape index (κ3) is 2.92. The monoisotopic (exact) mass is 399 g/mol. The molecule has 28 heavy (non-hydrogen) atoms. The van der Waals surface area contributed by atoms with E-state index in [0.717, 1.165) is 75.7 Å². The molecular weight excluding hydrogens is 374 g/mol. The first-order valence-corrected chi connectivity index (χ1v) is 11.7. The standard InChI is InChI=1S/C21H25N3O3S/c25-21(23-28(26,27)19-10-12-24-11-2-1-9-18(19)24)22-20-16-7-3-5-14(16)13-15-6-4-8-17(15)20/h10,12-13H,1-9,11H2,(H2,22,23,25). The fourth-order valence-electron chi connectivity index (χ4n) is 5.06. The van der Waals surface area contributed by atoms with Crippen molar-refractivity contribution in [1.29, 1.82) is 0 Å². The molecule has 1 aromatic carbocycles. The molecule has 6 nitrogen and oxygen atoms in total. The Balaban J connectivity index is 1.41. The van der Waals surface area contributed by atoms with E-state index in [1.807, 2.05) is 4.57 Å². The minimum atomic E-state index is -3.89. The van der Waals surface area contributed by atoms with Crippen LogP contribution in [-0.4, -0.2) is 19.0 Å². The van der Waals surface area contributed by atoms with Crippen LogP contribution in [0.1, 0.15) is 53.6 Å². The summed E-state index contributed by atoms with van der Waals surface area (Å²) < 4.78 is 29.9. The number of nitrogens with one attached hydrogen (secondary N) is 2. The molecule has 0 unspecified atom stereocenters. The van der Waals surface area contributed by atoms with Crippen LogP contribution in [-0.2, 0) is 48.7 Å². The normalized spacial score (nSPS) is 17.7. The van der Waals surface area contributed by atoms with E-state index >= 15 is 0 Å². The Morgan fingerprint density at radius 1 is 0.929 bits per heavy atom. The number of hydrogen-bond donors (Lipinski definition) is 2. The average molecular weight is 400 g/mol. The van der Waals surface area contributed by atoms with Gasteiger partial charge in [0.25, 0.3) is 10.0 Å². The number of benzene rings is 1. The van der Waals surface area contributed by atoms with E-state index < -0.39 is 16.1 Å². The van der Waals surface area contributed by atoms with Gasteiger partial charge in [-0.15, -0.1) is 0 Å². The van der Waals surface area contributed by atoms with Crippen LogP contribution in [0.5, 0.6) is 0 Å². The minimum absolute atomic E-state index is 0.228. The highest BCUT2D eigenvalue weighted by Gasteiger charge is 2.28. The zero-order valence-electron chi connectivity index (χ0n) is 15.9. The van der Waals surface area contributed by atoms with E-state index in [0.29, 0.717) is 0 Å². The SMILES string of the molecule is O=C(Nc1c2c(cc3c1CCC3)CCC2)NS(=O)(=O)c1ccn2c1CCCC2. The second-order valence-electron chi connectivity index (χ2n) is 8.07. The van der Waals surface area contributed by atoms with Crippen molar-refractivity contribution >= 4 is 21.7 Å². The Hall–Kier alpha value is -2.28. The van der Waals surface area contributed by atoms with E-state index in [1.165, 1.54) is 22.3 Å². The van der Waals surface area contributed by atoms with Crippen LogP contribution in [0.3, 0.4) is 0 Å². The molecule has 7 heteroatoms. The molecule has 2 aliphatic carbocycles. The number of aromatic nitrogens is 1. The molecule has 0 atom stereocenters. The predicted octanol–water partition coefficient (Wildman–Crippen LogP) is 3.31. The van der Waals surface area contributed by atoms with Crippen molar-refractivity contribution < 1.29 is 13.2 Å². The van der Waals surface area contributed by atoms with Crippen molar-refractivity contribution in [3.63, 3.8) is 0 Å². The number of carbonyl (C=O) groups excluding carboxylic acids is 1. The Bertz CT molecular complexity index is 1040. The van der Waals surface area contributed by atoms with Gasteiger partial charge in [0.2, 0.25) is 0 Å². The Labute approximate surface area is 165 Å². The molecule has 2 amide bonds. The molecular formula is C21H25N3O3S. The molecule has 2 heterocycles. The number of carbonyl (C=O) groups is 1. The van der Waals surface area contributed by atoms with Gasteiger partial charge in [0, 0.05) is 24.1 Å². The summed E-state index contributed by atoms with van der Waals surface area (Å²) in [5.74, 6) is 0. The Kier molecular flexibility index (Phi) is 4.23. The van der Waals surface area contributed by atoms with E-state index in [4.69, 9.17) is 0 Å². The third-order valence-corrected chi connectivity index (χ3v) is 7.73. The van der Waals surface area contributed by atoms with Crippen LogP contribution in [0, 0.1) is 0 Å². The van der Waals surface area contributed by atoms with Crippen molar-refractivity contribution in [2.75, 3.05) is 5.32 Å². The van der Waals surface area contributed by atoms with E-state index in [1.54, 1.807) is 12.3 Å². The van der Waals surface area contributed by atoms with E-state index in [2.05, 4.69) is 16.1 Å². The molecule has 0 bridgehead atoms. The van der Waals surface area contributed by atoms with Crippen LogP contribution in [0.15, 0.2) is 23.2 Å². The van der Waals surface area contributed by atoms with Crippen LogP contribution in [0.2, 0.25) is 0 Å². The van der Waals surface area contributed by atoms with Crippen molar-refractivity contribution in [1.82, 2.24) is 9.29 Å². The highest BCUT2D eigenvalue weighted by Crippen LogP contribution is 2.38. The quantitative estimate of drug-likeness (QED) is 0.831. The van der Waals surface area contributed by atoms with Crippen LogP contribution >= 0.6 is 0 Å². The van der Waals surface area contributed by atoms with Gasteiger partial charge < -0.3 is 9.88 Å². The van der Waals surface area contributed by atoms with Crippen molar-refractivity contribution in [2.45, 2.75) is 69.2 Å². The predicted molar refractivity (Wildman–Crippen MR) is 107 cm³/mol. The maximum absolute atomic E-state index is 12.8. The second-order valence-corrected chi connectivity index (χ2v) is 9.72. The lowest BCUT2D eigenvalue weighted by Crippen LogP contribution is -2.35. The maximum atomic E-state index is 12.8. The summed E-state index contributed by atoms with van der Waals surface area (Å²) in [6.07, 6.45) is 10.7. The Morgan fingerprint density at radius 3 is 2.36 bits per heavy atom. The Morgan fingerprint density at radius 2 is 1.64 bits per heavy atom. The smallest absolute Gasteiger partial charge is 0.333 e. The van der Waals surface area contributed by atoms with Gasteiger partial charge in [-0.3, -0.25) is 0 Å². The summed E-state index contributed by atoms with van der Waals surface area (Å²) in [5, 5.41) is 2.90. The first kappa shape index (κ1) is 17.8. The van der Waals surface area contributed by atoms with Gasteiger partial charge in [-0.25, -0.2) is 17.9 Å². The van der Waals surface area contributed by atoms with Crippen LogP contribution in [0.4, 0.5) is 10.5 Å². The highest BCUT2D eigenvalue weighted by molar-refractivity contribution is 7.90. The van der Waals surface area contributed by atoms with Gasteiger partial charge >= 0.3 is 6.03 Å². The fraction of sp³-hybridized carbons (Fsp3) is 0.476. The summed E-state index contributed by atoms with van der Waals surface area (Å²) in [5.41, 5.74) is 6.65. The van der Waals surface area contributed by atoms with Gasteiger partial charge in [0.15, 0.2) is 0 Å². The second kappa shape index (κ2) is 6.65. The van der Waals surface area contributed by atoms with Gasteiger partial charge in [-0.2, -0.15) is 0 Å². The number of hydrogen-bond acceptors (Lipinski definition) is 3. The van der Waals surface area contributed by atoms with Gasteiger partial charge in [0.1, 0.15) is 4.90 Å². The molecule has 0 radical (unpaired) electrons.